The van der Waals surface area contributed by atoms with Crippen LogP contribution in [0.5, 0.6) is 5.75 Å². The van der Waals surface area contributed by atoms with E-state index >= 15 is 0 Å². The number of sulfonamides is 1. The van der Waals surface area contributed by atoms with Crippen LogP contribution in [0.3, 0.4) is 0 Å². The molecule has 3 N–H and O–H groups in total. The largest absolute Gasteiger partial charge is 0.495 e. The highest BCUT2D eigenvalue weighted by Gasteiger charge is 2.18. The number of carbonyl (C=O) groups excluding carboxylic acids is 1. The zero-order valence-corrected chi connectivity index (χ0v) is 18.5. The van der Waals surface area contributed by atoms with Gasteiger partial charge in [0, 0.05) is 36.5 Å². The van der Waals surface area contributed by atoms with E-state index < -0.39 is 20.9 Å². The number of nitro groups is 1. The molecule has 3 aromatic carbocycles. The molecular formula is C22H22N4O6S. The van der Waals surface area contributed by atoms with Crippen LogP contribution in [0.15, 0.2) is 77.7 Å². The molecule has 0 saturated heterocycles. The van der Waals surface area contributed by atoms with Gasteiger partial charge >= 0.3 is 0 Å². The Morgan fingerprint density at radius 3 is 2.42 bits per heavy atom. The fourth-order valence-electron chi connectivity index (χ4n) is 2.92. The van der Waals surface area contributed by atoms with Crippen LogP contribution >= 0.6 is 0 Å². The van der Waals surface area contributed by atoms with Crippen molar-refractivity contribution < 1.29 is 22.9 Å². The number of benzene rings is 3. The van der Waals surface area contributed by atoms with Gasteiger partial charge in [0.2, 0.25) is 0 Å². The van der Waals surface area contributed by atoms with Crippen LogP contribution in [-0.4, -0.2) is 39.4 Å². The average molecular weight is 471 g/mol. The normalized spacial score (nSPS) is 10.8. The first-order valence-electron chi connectivity index (χ1n) is 9.82. The van der Waals surface area contributed by atoms with Crippen molar-refractivity contribution in [3.05, 3.63) is 88.5 Å². The summed E-state index contributed by atoms with van der Waals surface area (Å²) in [5.74, 6) is -0.0645. The van der Waals surface area contributed by atoms with E-state index in [0.717, 1.165) is 0 Å². The molecular weight excluding hydrogens is 448 g/mol. The Hall–Kier alpha value is -4.12. The van der Waals surface area contributed by atoms with Crippen LogP contribution in [-0.2, 0) is 10.0 Å². The van der Waals surface area contributed by atoms with Gasteiger partial charge in [0.15, 0.2) is 0 Å². The van der Waals surface area contributed by atoms with Gasteiger partial charge in [0.25, 0.3) is 21.6 Å². The summed E-state index contributed by atoms with van der Waals surface area (Å²) < 4.78 is 33.2. The number of hydrogen-bond donors (Lipinski definition) is 3. The lowest BCUT2D eigenvalue weighted by Crippen LogP contribution is -2.29. The summed E-state index contributed by atoms with van der Waals surface area (Å²) in [5.41, 5.74) is 1.13. The molecule has 172 valence electrons. The Kier molecular flexibility index (Phi) is 7.46. The minimum Gasteiger partial charge on any atom is -0.495 e. The van der Waals surface area contributed by atoms with Crippen molar-refractivity contribution in [2.45, 2.75) is 4.90 Å². The molecule has 0 aliphatic carbocycles. The molecule has 0 saturated carbocycles. The number of nitrogens with one attached hydrogen (secondary N) is 3. The molecule has 10 nitrogen and oxygen atoms in total. The molecule has 11 heteroatoms. The number of anilines is 2. The lowest BCUT2D eigenvalue weighted by molar-refractivity contribution is -0.384. The quantitative estimate of drug-likeness (QED) is 0.235. The van der Waals surface area contributed by atoms with Gasteiger partial charge in [0.05, 0.1) is 22.6 Å². The first-order valence-corrected chi connectivity index (χ1v) is 11.3. The third-order valence-electron chi connectivity index (χ3n) is 4.58. The lowest BCUT2D eigenvalue weighted by Gasteiger charge is -2.12. The Bertz CT molecular complexity index is 1250. The number of nitrogens with zero attached hydrogens (tertiary/aromatic N) is 1. The summed E-state index contributed by atoms with van der Waals surface area (Å²) in [6.45, 7) is 0.628. The van der Waals surface area contributed by atoms with Crippen molar-refractivity contribution in [2.24, 2.45) is 0 Å². The highest BCUT2D eigenvalue weighted by atomic mass is 32.2. The van der Waals surface area contributed by atoms with Crippen molar-refractivity contribution in [1.82, 2.24) is 5.32 Å². The Labute approximate surface area is 190 Å². The summed E-state index contributed by atoms with van der Waals surface area (Å²) >= 11 is 0. The molecule has 3 aromatic rings. The molecule has 0 aliphatic rings. The van der Waals surface area contributed by atoms with Crippen molar-refractivity contribution in [3.8, 4) is 5.75 Å². The van der Waals surface area contributed by atoms with E-state index in [0.29, 0.717) is 18.0 Å². The summed E-state index contributed by atoms with van der Waals surface area (Å²) in [5, 5.41) is 16.4. The second-order valence-electron chi connectivity index (χ2n) is 6.82. The van der Waals surface area contributed by atoms with E-state index in [4.69, 9.17) is 4.74 Å². The molecule has 0 bridgehead atoms. The number of methoxy groups -OCH3 is 1. The number of hydrogen-bond acceptors (Lipinski definition) is 7. The number of ether oxygens (including phenoxy) is 1. The molecule has 0 radical (unpaired) electrons. The zero-order chi connectivity index (χ0) is 23.8. The maximum Gasteiger partial charge on any atom is 0.269 e. The topological polar surface area (TPSA) is 140 Å². The van der Waals surface area contributed by atoms with Gasteiger partial charge in [0.1, 0.15) is 5.75 Å². The van der Waals surface area contributed by atoms with Gasteiger partial charge in [-0.05, 0) is 42.5 Å². The van der Waals surface area contributed by atoms with E-state index in [1.807, 2.05) is 0 Å². The number of para-hydroxylation sites is 2. The summed E-state index contributed by atoms with van der Waals surface area (Å²) in [4.78, 5) is 22.6. The van der Waals surface area contributed by atoms with E-state index in [1.165, 1.54) is 43.5 Å². The fourth-order valence-corrected chi connectivity index (χ4v) is 4.04. The van der Waals surface area contributed by atoms with Gasteiger partial charge < -0.3 is 15.4 Å². The molecule has 0 unspecified atom stereocenters. The third-order valence-corrected chi connectivity index (χ3v) is 5.94. The Morgan fingerprint density at radius 2 is 1.73 bits per heavy atom. The lowest BCUT2D eigenvalue weighted by atomic mass is 10.2. The molecule has 0 aliphatic heterocycles. The summed E-state index contributed by atoms with van der Waals surface area (Å²) in [6, 6.07) is 18.2. The maximum atomic E-state index is 12.8. The van der Waals surface area contributed by atoms with E-state index in [1.54, 1.807) is 36.4 Å². The van der Waals surface area contributed by atoms with E-state index in [-0.39, 0.29) is 28.4 Å². The molecule has 0 aromatic heterocycles. The Morgan fingerprint density at radius 1 is 1.00 bits per heavy atom. The summed E-state index contributed by atoms with van der Waals surface area (Å²) in [7, 11) is -2.50. The Balaban J connectivity index is 1.59. The minimum absolute atomic E-state index is 0.0103. The van der Waals surface area contributed by atoms with Gasteiger partial charge in [-0.3, -0.25) is 19.6 Å². The van der Waals surface area contributed by atoms with Crippen LogP contribution in [0.4, 0.5) is 17.1 Å². The minimum atomic E-state index is -3.94. The predicted octanol–water partition coefficient (Wildman–Crippen LogP) is 3.25. The van der Waals surface area contributed by atoms with Crippen LogP contribution in [0.2, 0.25) is 0 Å². The van der Waals surface area contributed by atoms with Crippen molar-refractivity contribution >= 4 is 33.0 Å². The highest BCUT2D eigenvalue weighted by Crippen LogP contribution is 2.26. The third kappa shape index (κ3) is 6.20. The fraction of sp³-hybridized carbons (Fsp3) is 0.136. The average Bonchev–Trinajstić information content (AvgIpc) is 2.82. The van der Waals surface area contributed by atoms with E-state index in [9.17, 15) is 23.3 Å². The van der Waals surface area contributed by atoms with Crippen LogP contribution in [0.25, 0.3) is 0 Å². The predicted molar refractivity (Wildman–Crippen MR) is 124 cm³/mol. The van der Waals surface area contributed by atoms with Crippen LogP contribution in [0, 0.1) is 10.1 Å². The molecule has 0 fully saturated rings. The smallest absolute Gasteiger partial charge is 0.269 e. The van der Waals surface area contributed by atoms with Crippen LogP contribution in [0.1, 0.15) is 10.4 Å². The molecule has 0 spiro atoms. The zero-order valence-electron chi connectivity index (χ0n) is 17.6. The van der Waals surface area contributed by atoms with Crippen molar-refractivity contribution in [2.75, 3.05) is 30.2 Å². The van der Waals surface area contributed by atoms with Gasteiger partial charge in [-0.2, -0.15) is 0 Å². The molecule has 1 amide bonds. The summed E-state index contributed by atoms with van der Waals surface area (Å²) in [6.07, 6.45) is 0. The molecule has 0 heterocycles. The maximum absolute atomic E-state index is 12.8. The first-order chi connectivity index (χ1) is 15.8. The molecule has 3 rings (SSSR count). The van der Waals surface area contributed by atoms with Crippen LogP contribution < -0.4 is 20.1 Å². The first kappa shape index (κ1) is 23.5. The highest BCUT2D eigenvalue weighted by molar-refractivity contribution is 7.92. The SMILES string of the molecule is COc1ccccc1NS(=O)(=O)c1cccc(C(=O)NCCNc2ccc([N+](=O)[O-])cc2)c1. The van der Waals surface area contributed by atoms with Gasteiger partial charge in [-0.25, -0.2) is 8.42 Å². The van der Waals surface area contributed by atoms with Gasteiger partial charge in [-0.1, -0.05) is 18.2 Å². The second-order valence-corrected chi connectivity index (χ2v) is 8.50. The van der Waals surface area contributed by atoms with Gasteiger partial charge in [-0.15, -0.1) is 0 Å². The standard InChI is InChI=1S/C22H22N4O6S/c1-32-21-8-3-2-7-20(21)25-33(30,31)19-6-4-5-16(15-19)22(27)24-14-13-23-17-9-11-18(12-10-17)26(28)29/h2-12,15,23,25H,13-14H2,1H3,(H,24,27). The number of rotatable bonds is 10. The van der Waals surface area contributed by atoms with E-state index in [2.05, 4.69) is 15.4 Å². The molecule has 33 heavy (non-hydrogen) atoms. The number of carbonyl (C=O) groups is 1. The number of amides is 1. The number of non-ortho nitro benzene ring substituents is 1. The second kappa shape index (κ2) is 10.5. The number of nitro benzene ring substituents is 1. The molecule has 0 atom stereocenters. The monoisotopic (exact) mass is 470 g/mol. The van der Waals surface area contributed by atoms with Crippen molar-refractivity contribution in [1.29, 1.82) is 0 Å². The van der Waals surface area contributed by atoms with Crippen molar-refractivity contribution in [3.63, 3.8) is 0 Å².